The van der Waals surface area contributed by atoms with Crippen molar-refractivity contribution in [2.24, 2.45) is 0 Å². The Labute approximate surface area is 181 Å². The standard InChI is InChI=1S/C22H28N4O5/c1-3-23-20(28)12-21(29)25-10-8-17(9-11-25)16-4-6-18(7-5-16)26-14-19(31-22(26)30)13-24-15(2)27/h4-8,19H,3,9-14H2,1-2H3,(H,23,28)(H,24,27)/t19-/m0/s1. The number of anilines is 1. The van der Waals surface area contributed by atoms with Crippen molar-refractivity contribution in [1.82, 2.24) is 15.5 Å². The Hall–Kier alpha value is -3.36. The van der Waals surface area contributed by atoms with E-state index in [-0.39, 0.29) is 36.8 Å². The third-order valence-corrected chi connectivity index (χ3v) is 5.25. The van der Waals surface area contributed by atoms with Gasteiger partial charge in [-0.05, 0) is 36.6 Å². The number of hydrogen-bond donors (Lipinski definition) is 2. The van der Waals surface area contributed by atoms with Gasteiger partial charge in [0.15, 0.2) is 0 Å². The Morgan fingerprint density at radius 3 is 2.52 bits per heavy atom. The highest BCUT2D eigenvalue weighted by Crippen LogP contribution is 2.27. The molecule has 2 aliphatic heterocycles. The molecule has 2 heterocycles. The highest BCUT2D eigenvalue weighted by atomic mass is 16.6. The average Bonchev–Trinajstić information content (AvgIpc) is 3.13. The summed E-state index contributed by atoms with van der Waals surface area (Å²) in [6, 6.07) is 7.62. The van der Waals surface area contributed by atoms with Gasteiger partial charge in [-0.25, -0.2) is 4.79 Å². The smallest absolute Gasteiger partial charge is 0.414 e. The maximum absolute atomic E-state index is 12.2. The normalized spacial score (nSPS) is 18.3. The van der Waals surface area contributed by atoms with Gasteiger partial charge in [-0.15, -0.1) is 0 Å². The number of nitrogens with zero attached hydrogens (tertiary/aromatic N) is 2. The highest BCUT2D eigenvalue weighted by molar-refractivity contribution is 5.97. The van der Waals surface area contributed by atoms with Crippen LogP contribution in [0.3, 0.4) is 0 Å². The van der Waals surface area contributed by atoms with E-state index in [1.54, 1.807) is 9.80 Å². The quantitative estimate of drug-likeness (QED) is 0.637. The molecule has 166 valence electrons. The summed E-state index contributed by atoms with van der Waals surface area (Å²) in [5.41, 5.74) is 2.89. The van der Waals surface area contributed by atoms with Crippen LogP contribution in [0.4, 0.5) is 10.5 Å². The van der Waals surface area contributed by atoms with Gasteiger partial charge in [0.25, 0.3) is 0 Å². The van der Waals surface area contributed by atoms with Gasteiger partial charge in [0.2, 0.25) is 17.7 Å². The van der Waals surface area contributed by atoms with E-state index in [1.807, 2.05) is 37.3 Å². The molecule has 1 aromatic carbocycles. The number of amides is 4. The molecule has 0 saturated carbocycles. The molecule has 0 aromatic heterocycles. The lowest BCUT2D eigenvalue weighted by Gasteiger charge is -2.26. The molecule has 1 saturated heterocycles. The lowest BCUT2D eigenvalue weighted by molar-refractivity contribution is -0.135. The lowest BCUT2D eigenvalue weighted by atomic mass is 9.99. The molecule has 31 heavy (non-hydrogen) atoms. The number of cyclic esters (lactones) is 1. The monoisotopic (exact) mass is 428 g/mol. The van der Waals surface area contributed by atoms with Crippen molar-refractivity contribution in [3.63, 3.8) is 0 Å². The van der Waals surface area contributed by atoms with Gasteiger partial charge >= 0.3 is 6.09 Å². The summed E-state index contributed by atoms with van der Waals surface area (Å²) >= 11 is 0. The van der Waals surface area contributed by atoms with Crippen LogP contribution in [0.2, 0.25) is 0 Å². The van der Waals surface area contributed by atoms with Crippen molar-refractivity contribution in [3.8, 4) is 0 Å². The van der Waals surface area contributed by atoms with Crippen molar-refractivity contribution >= 4 is 35.1 Å². The van der Waals surface area contributed by atoms with E-state index >= 15 is 0 Å². The molecule has 9 heteroatoms. The first kappa shape index (κ1) is 22.3. The number of benzene rings is 1. The number of hydrogen-bond acceptors (Lipinski definition) is 5. The van der Waals surface area contributed by atoms with E-state index in [0.29, 0.717) is 32.6 Å². The molecule has 0 spiro atoms. The van der Waals surface area contributed by atoms with Crippen LogP contribution < -0.4 is 15.5 Å². The molecule has 1 fully saturated rings. The van der Waals surface area contributed by atoms with Gasteiger partial charge in [0.1, 0.15) is 12.5 Å². The first-order chi connectivity index (χ1) is 14.9. The fourth-order valence-electron chi connectivity index (χ4n) is 3.62. The summed E-state index contributed by atoms with van der Waals surface area (Å²) in [5, 5.41) is 5.30. The number of nitrogens with one attached hydrogen (secondary N) is 2. The zero-order valence-corrected chi connectivity index (χ0v) is 17.8. The molecule has 1 atom stereocenters. The Balaban J connectivity index is 1.56. The Morgan fingerprint density at radius 1 is 1.16 bits per heavy atom. The van der Waals surface area contributed by atoms with Crippen LogP contribution in [0.1, 0.15) is 32.3 Å². The summed E-state index contributed by atoms with van der Waals surface area (Å²) in [6.45, 7) is 5.46. The predicted octanol–water partition coefficient (Wildman–Crippen LogP) is 1.29. The summed E-state index contributed by atoms with van der Waals surface area (Å²) in [7, 11) is 0. The van der Waals surface area contributed by atoms with Crippen LogP contribution in [0, 0.1) is 0 Å². The van der Waals surface area contributed by atoms with Crippen LogP contribution in [0.15, 0.2) is 30.3 Å². The van der Waals surface area contributed by atoms with Gasteiger partial charge in [0, 0.05) is 32.2 Å². The van der Waals surface area contributed by atoms with Crippen LogP contribution in [-0.2, 0) is 19.1 Å². The molecule has 0 aliphatic carbocycles. The fraction of sp³-hybridized carbons (Fsp3) is 0.455. The number of rotatable bonds is 7. The topological polar surface area (TPSA) is 108 Å². The minimum Gasteiger partial charge on any atom is -0.442 e. The van der Waals surface area contributed by atoms with E-state index in [1.165, 1.54) is 6.92 Å². The van der Waals surface area contributed by atoms with E-state index in [0.717, 1.165) is 16.8 Å². The molecular weight excluding hydrogens is 400 g/mol. The molecule has 2 N–H and O–H groups in total. The molecule has 3 rings (SSSR count). The average molecular weight is 428 g/mol. The van der Waals surface area contributed by atoms with E-state index in [4.69, 9.17) is 4.74 Å². The van der Waals surface area contributed by atoms with Gasteiger partial charge in [0.05, 0.1) is 13.1 Å². The van der Waals surface area contributed by atoms with Crippen molar-refractivity contribution < 1.29 is 23.9 Å². The Bertz CT molecular complexity index is 880. The zero-order valence-electron chi connectivity index (χ0n) is 17.8. The number of carbonyl (C=O) groups excluding carboxylic acids is 4. The maximum Gasteiger partial charge on any atom is 0.414 e. The van der Waals surface area contributed by atoms with Crippen molar-refractivity contribution in [2.75, 3.05) is 37.6 Å². The fourth-order valence-corrected chi connectivity index (χ4v) is 3.62. The maximum atomic E-state index is 12.2. The Kier molecular flexibility index (Phi) is 7.28. The predicted molar refractivity (Wildman–Crippen MR) is 115 cm³/mol. The molecule has 9 nitrogen and oxygen atoms in total. The molecule has 0 radical (unpaired) electrons. The van der Waals surface area contributed by atoms with Gasteiger partial charge < -0.3 is 20.3 Å². The molecule has 0 unspecified atom stereocenters. The summed E-state index contributed by atoms with van der Waals surface area (Å²) < 4.78 is 5.30. The second-order valence-electron chi connectivity index (χ2n) is 7.55. The second-order valence-corrected chi connectivity index (χ2v) is 7.55. The van der Waals surface area contributed by atoms with E-state index < -0.39 is 6.09 Å². The molecule has 1 aromatic rings. The minimum atomic E-state index is -0.429. The van der Waals surface area contributed by atoms with Crippen molar-refractivity contribution in [3.05, 3.63) is 35.9 Å². The Morgan fingerprint density at radius 2 is 1.90 bits per heavy atom. The van der Waals surface area contributed by atoms with Crippen LogP contribution in [0.25, 0.3) is 5.57 Å². The molecule has 4 amide bonds. The highest BCUT2D eigenvalue weighted by Gasteiger charge is 2.32. The molecule has 2 aliphatic rings. The number of carbonyl (C=O) groups is 4. The van der Waals surface area contributed by atoms with Crippen LogP contribution in [0.5, 0.6) is 0 Å². The zero-order chi connectivity index (χ0) is 22.4. The molecular formula is C22H28N4O5. The summed E-state index contributed by atoms with van der Waals surface area (Å²) in [6.07, 6.45) is 1.77. The summed E-state index contributed by atoms with van der Waals surface area (Å²) in [4.78, 5) is 50.2. The number of ether oxygens (including phenoxy) is 1. The SMILES string of the molecule is CCNC(=O)CC(=O)N1CC=C(c2ccc(N3C[C@H](CNC(C)=O)OC3=O)cc2)CC1. The van der Waals surface area contributed by atoms with E-state index in [2.05, 4.69) is 10.6 Å². The van der Waals surface area contributed by atoms with Crippen LogP contribution in [-0.4, -0.2) is 67.5 Å². The minimum absolute atomic E-state index is 0.124. The van der Waals surface area contributed by atoms with Crippen molar-refractivity contribution in [2.45, 2.75) is 32.8 Å². The first-order valence-corrected chi connectivity index (χ1v) is 10.4. The van der Waals surface area contributed by atoms with Crippen LogP contribution >= 0.6 is 0 Å². The van der Waals surface area contributed by atoms with Gasteiger partial charge in [-0.1, -0.05) is 18.2 Å². The third-order valence-electron chi connectivity index (χ3n) is 5.25. The second kappa shape index (κ2) is 10.1. The first-order valence-electron chi connectivity index (χ1n) is 10.4. The van der Waals surface area contributed by atoms with Crippen molar-refractivity contribution in [1.29, 1.82) is 0 Å². The van der Waals surface area contributed by atoms with E-state index in [9.17, 15) is 19.2 Å². The summed E-state index contributed by atoms with van der Waals surface area (Å²) in [5.74, 6) is -0.584. The third kappa shape index (κ3) is 5.84. The van der Waals surface area contributed by atoms with Gasteiger partial charge in [-0.2, -0.15) is 0 Å². The lowest BCUT2D eigenvalue weighted by Crippen LogP contribution is -2.38. The molecule has 0 bridgehead atoms. The van der Waals surface area contributed by atoms with Gasteiger partial charge in [-0.3, -0.25) is 19.3 Å². The largest absolute Gasteiger partial charge is 0.442 e.